The molecule has 2 rings (SSSR count). The van der Waals surface area contributed by atoms with Gasteiger partial charge in [0.05, 0.1) is 12.7 Å². The zero-order valence-electron chi connectivity index (χ0n) is 13.5. The first-order valence-electron chi connectivity index (χ1n) is 7.50. The first-order valence-corrected chi connectivity index (χ1v) is 7.87. The van der Waals surface area contributed by atoms with Gasteiger partial charge in [-0.3, -0.25) is 9.98 Å². The highest BCUT2D eigenvalue weighted by Gasteiger charge is 1.99. The van der Waals surface area contributed by atoms with E-state index in [1.54, 1.807) is 19.4 Å². The summed E-state index contributed by atoms with van der Waals surface area (Å²) in [6, 6.07) is 11.6. The van der Waals surface area contributed by atoms with Crippen molar-refractivity contribution in [2.45, 2.75) is 6.42 Å². The Morgan fingerprint density at radius 3 is 2.58 bits per heavy atom. The molecule has 0 amide bonds. The quantitative estimate of drug-likeness (QED) is 0.288. The van der Waals surface area contributed by atoms with E-state index in [1.165, 1.54) is 5.56 Å². The average Bonchev–Trinajstić information content (AvgIpc) is 2.59. The summed E-state index contributed by atoms with van der Waals surface area (Å²) in [5.41, 5.74) is 1.23. The second-order valence-corrected chi connectivity index (χ2v) is 5.28. The first kappa shape index (κ1) is 20.5. The van der Waals surface area contributed by atoms with Crippen LogP contribution in [-0.2, 0) is 6.42 Å². The van der Waals surface area contributed by atoms with E-state index in [1.807, 2.05) is 36.4 Å². The number of pyridine rings is 1. The number of benzene rings is 1. The fraction of sp³-hybridized carbons (Fsp3) is 0.294. The van der Waals surface area contributed by atoms with Crippen LogP contribution in [0.1, 0.15) is 5.56 Å². The molecule has 1 aromatic carbocycles. The molecule has 0 aliphatic carbocycles. The number of halogens is 2. The minimum atomic E-state index is 0. The lowest BCUT2D eigenvalue weighted by atomic mass is 10.1. The lowest BCUT2D eigenvalue weighted by molar-refractivity contribution is 0.320. The summed E-state index contributed by atoms with van der Waals surface area (Å²) in [6.07, 6.45) is 4.32. The molecule has 0 aliphatic heterocycles. The Hall–Kier alpha value is -1.54. The van der Waals surface area contributed by atoms with Crippen molar-refractivity contribution in [3.63, 3.8) is 0 Å². The minimum Gasteiger partial charge on any atom is -0.490 e. The first-order chi connectivity index (χ1) is 11.3. The van der Waals surface area contributed by atoms with Crippen LogP contribution in [0.2, 0.25) is 5.02 Å². The summed E-state index contributed by atoms with van der Waals surface area (Å²) in [4.78, 5) is 8.18. The van der Waals surface area contributed by atoms with Crippen molar-refractivity contribution in [2.75, 3.05) is 26.7 Å². The number of nitrogens with one attached hydrogen (secondary N) is 2. The number of guanidine groups is 1. The highest BCUT2D eigenvalue weighted by molar-refractivity contribution is 14.0. The molecule has 0 spiro atoms. The molecule has 1 heterocycles. The maximum atomic E-state index is 5.87. The van der Waals surface area contributed by atoms with E-state index in [0.717, 1.165) is 29.7 Å². The van der Waals surface area contributed by atoms with Crippen molar-refractivity contribution in [1.29, 1.82) is 0 Å². The van der Waals surface area contributed by atoms with Crippen molar-refractivity contribution in [1.82, 2.24) is 15.6 Å². The number of aromatic nitrogens is 1. The Kier molecular flexibility index (Phi) is 10.2. The highest BCUT2D eigenvalue weighted by atomic mass is 127. The molecule has 7 heteroatoms. The third-order valence-electron chi connectivity index (χ3n) is 3.14. The van der Waals surface area contributed by atoms with E-state index in [2.05, 4.69) is 20.6 Å². The predicted molar refractivity (Wildman–Crippen MR) is 110 cm³/mol. The van der Waals surface area contributed by atoms with Gasteiger partial charge < -0.3 is 15.4 Å². The average molecular weight is 461 g/mol. The van der Waals surface area contributed by atoms with Crippen LogP contribution < -0.4 is 15.4 Å². The molecule has 0 fully saturated rings. The van der Waals surface area contributed by atoms with Crippen molar-refractivity contribution >= 4 is 41.5 Å². The fourth-order valence-corrected chi connectivity index (χ4v) is 2.09. The van der Waals surface area contributed by atoms with Gasteiger partial charge in [-0.25, -0.2) is 0 Å². The second-order valence-electron chi connectivity index (χ2n) is 4.84. The van der Waals surface area contributed by atoms with E-state index in [9.17, 15) is 0 Å². The molecule has 2 N–H and O–H groups in total. The van der Waals surface area contributed by atoms with Gasteiger partial charge in [0.2, 0.25) is 0 Å². The molecule has 0 aliphatic rings. The van der Waals surface area contributed by atoms with Gasteiger partial charge in [0.25, 0.3) is 0 Å². The van der Waals surface area contributed by atoms with Gasteiger partial charge >= 0.3 is 0 Å². The Labute approximate surface area is 164 Å². The number of nitrogens with zero attached hydrogens (tertiary/aromatic N) is 2. The molecule has 0 saturated carbocycles. The van der Waals surface area contributed by atoms with Crippen LogP contribution in [0.5, 0.6) is 5.75 Å². The molecule has 0 saturated heterocycles. The molecule has 0 bridgehead atoms. The molecule has 0 unspecified atom stereocenters. The summed E-state index contributed by atoms with van der Waals surface area (Å²) in [5.74, 6) is 1.52. The predicted octanol–water partition coefficient (Wildman–Crippen LogP) is 3.14. The molecule has 1 aromatic heterocycles. The van der Waals surface area contributed by atoms with Crippen LogP contribution in [0.15, 0.2) is 53.8 Å². The van der Waals surface area contributed by atoms with Crippen molar-refractivity contribution in [3.8, 4) is 5.75 Å². The summed E-state index contributed by atoms with van der Waals surface area (Å²) in [5, 5.41) is 7.23. The summed E-state index contributed by atoms with van der Waals surface area (Å²) < 4.78 is 5.57. The minimum absolute atomic E-state index is 0. The maximum absolute atomic E-state index is 5.87. The van der Waals surface area contributed by atoms with Crippen molar-refractivity contribution in [2.24, 2.45) is 4.99 Å². The number of ether oxygens (including phenoxy) is 1. The number of aliphatic imine (C=N–C) groups is 1. The topological polar surface area (TPSA) is 58.5 Å². The van der Waals surface area contributed by atoms with Crippen molar-refractivity contribution in [3.05, 3.63) is 59.4 Å². The van der Waals surface area contributed by atoms with Gasteiger partial charge in [-0.05, 0) is 36.2 Å². The lowest BCUT2D eigenvalue weighted by Gasteiger charge is -2.12. The fourth-order valence-electron chi connectivity index (χ4n) is 1.97. The van der Waals surface area contributed by atoms with Gasteiger partial charge in [-0.15, -0.1) is 24.0 Å². The summed E-state index contributed by atoms with van der Waals surface area (Å²) in [6.45, 7) is 2.00. The van der Waals surface area contributed by atoms with Crippen LogP contribution in [-0.4, -0.2) is 37.7 Å². The smallest absolute Gasteiger partial charge is 0.191 e. The third-order valence-corrected chi connectivity index (χ3v) is 3.39. The Morgan fingerprint density at radius 2 is 1.92 bits per heavy atom. The van der Waals surface area contributed by atoms with E-state index in [4.69, 9.17) is 16.3 Å². The molecular weight excluding hydrogens is 439 g/mol. The van der Waals surface area contributed by atoms with E-state index < -0.39 is 0 Å². The van der Waals surface area contributed by atoms with Gasteiger partial charge in [-0.1, -0.05) is 23.7 Å². The van der Waals surface area contributed by atoms with Gasteiger partial charge in [0, 0.05) is 24.8 Å². The third kappa shape index (κ3) is 7.83. The molecule has 130 valence electrons. The molecule has 24 heavy (non-hydrogen) atoms. The van der Waals surface area contributed by atoms with E-state index >= 15 is 0 Å². The Bertz CT molecular complexity index is 608. The Balaban J connectivity index is 0.00000288. The molecule has 5 nitrogen and oxygen atoms in total. The van der Waals surface area contributed by atoms with Crippen LogP contribution in [0.3, 0.4) is 0 Å². The van der Waals surface area contributed by atoms with Crippen LogP contribution in [0.25, 0.3) is 0 Å². The van der Waals surface area contributed by atoms with Crippen molar-refractivity contribution < 1.29 is 4.74 Å². The van der Waals surface area contributed by atoms with E-state index in [-0.39, 0.29) is 24.0 Å². The molecule has 0 atom stereocenters. The lowest BCUT2D eigenvalue weighted by Crippen LogP contribution is -2.40. The SMILES string of the molecule is CN=C(NCCOc1cccnc1)NCCc1ccc(Cl)cc1.I. The molecule has 0 radical (unpaired) electrons. The summed E-state index contributed by atoms with van der Waals surface area (Å²) >= 11 is 5.87. The monoisotopic (exact) mass is 460 g/mol. The van der Waals surface area contributed by atoms with Gasteiger partial charge in [-0.2, -0.15) is 0 Å². The maximum Gasteiger partial charge on any atom is 0.191 e. The molecule has 2 aromatic rings. The molecular formula is C17H22ClIN4O. The van der Waals surface area contributed by atoms with Gasteiger partial charge in [0.15, 0.2) is 5.96 Å². The summed E-state index contributed by atoms with van der Waals surface area (Å²) in [7, 11) is 1.75. The number of rotatable bonds is 7. The van der Waals surface area contributed by atoms with Gasteiger partial charge in [0.1, 0.15) is 12.4 Å². The zero-order chi connectivity index (χ0) is 16.3. The standard InChI is InChI=1S/C17H21ClN4O.HI/c1-19-17(21-10-8-14-4-6-15(18)7-5-14)22-11-12-23-16-3-2-9-20-13-16;/h2-7,9,13H,8,10-12H2,1H3,(H2,19,21,22);1H. The normalized spacial score (nSPS) is 10.7. The number of hydrogen-bond acceptors (Lipinski definition) is 3. The van der Waals surface area contributed by atoms with Crippen LogP contribution in [0, 0.1) is 0 Å². The van der Waals surface area contributed by atoms with Crippen LogP contribution >= 0.6 is 35.6 Å². The highest BCUT2D eigenvalue weighted by Crippen LogP contribution is 2.09. The largest absolute Gasteiger partial charge is 0.490 e. The second kappa shape index (κ2) is 11.9. The van der Waals surface area contributed by atoms with Crippen LogP contribution in [0.4, 0.5) is 0 Å². The Morgan fingerprint density at radius 1 is 1.17 bits per heavy atom. The zero-order valence-corrected chi connectivity index (χ0v) is 16.6. The van der Waals surface area contributed by atoms with E-state index in [0.29, 0.717) is 13.2 Å². The number of hydrogen-bond donors (Lipinski definition) is 2.